The van der Waals surface area contributed by atoms with Gasteiger partial charge >= 0.3 is 6.18 Å². The Morgan fingerprint density at radius 2 is 1.67 bits per heavy atom. The molecule has 0 aliphatic carbocycles. The van der Waals surface area contributed by atoms with Crippen LogP contribution in [0.25, 0.3) is 0 Å². The van der Waals surface area contributed by atoms with Crippen molar-refractivity contribution in [2.75, 3.05) is 0 Å². The Morgan fingerprint density at radius 3 is 2.33 bits per heavy atom. The van der Waals surface area contributed by atoms with E-state index in [-0.39, 0.29) is 18.2 Å². The highest BCUT2D eigenvalue weighted by Crippen LogP contribution is 2.32. The fourth-order valence-corrected chi connectivity index (χ4v) is 2.78. The average Bonchev–Trinajstić information content (AvgIpc) is 2.44. The number of rotatable bonds is 4. The summed E-state index contributed by atoms with van der Waals surface area (Å²) in [5.74, 6) is 0. The molecule has 0 fully saturated rings. The third kappa shape index (κ3) is 4.08. The number of halogens is 4. The topological polar surface area (TPSA) is 12.0 Å². The molecule has 112 valence electrons. The SMILES string of the molecule is C[C@@H](NCc1ccccc1C(F)(F)F)c1ccccc1Br. The molecule has 0 heterocycles. The molecule has 21 heavy (non-hydrogen) atoms. The van der Waals surface area contributed by atoms with E-state index in [1.54, 1.807) is 6.07 Å². The molecule has 2 aromatic rings. The van der Waals surface area contributed by atoms with Crippen LogP contribution in [-0.2, 0) is 12.7 Å². The minimum atomic E-state index is -4.32. The molecule has 1 N–H and O–H groups in total. The Labute approximate surface area is 130 Å². The molecule has 0 aliphatic rings. The molecule has 5 heteroatoms. The first-order valence-corrected chi connectivity index (χ1v) is 7.32. The molecule has 0 spiro atoms. The van der Waals surface area contributed by atoms with Crippen LogP contribution >= 0.6 is 15.9 Å². The van der Waals surface area contributed by atoms with Crippen molar-refractivity contribution in [3.05, 3.63) is 69.7 Å². The second-order valence-electron chi connectivity index (χ2n) is 4.78. The average molecular weight is 358 g/mol. The van der Waals surface area contributed by atoms with Gasteiger partial charge in [0.1, 0.15) is 0 Å². The molecule has 0 saturated heterocycles. The summed E-state index contributed by atoms with van der Waals surface area (Å²) in [6.45, 7) is 2.09. The monoisotopic (exact) mass is 357 g/mol. The second kappa shape index (κ2) is 6.62. The van der Waals surface area contributed by atoms with Gasteiger partial charge in [0.2, 0.25) is 0 Å². The lowest BCUT2D eigenvalue weighted by Gasteiger charge is -2.18. The van der Waals surface area contributed by atoms with Gasteiger partial charge in [0.15, 0.2) is 0 Å². The van der Waals surface area contributed by atoms with Crippen molar-refractivity contribution in [1.29, 1.82) is 0 Å². The molecule has 0 aromatic heterocycles. The van der Waals surface area contributed by atoms with E-state index in [9.17, 15) is 13.2 Å². The van der Waals surface area contributed by atoms with E-state index < -0.39 is 11.7 Å². The number of alkyl halides is 3. The Morgan fingerprint density at radius 1 is 1.05 bits per heavy atom. The summed E-state index contributed by atoms with van der Waals surface area (Å²) in [4.78, 5) is 0. The molecule has 0 bridgehead atoms. The van der Waals surface area contributed by atoms with Crippen LogP contribution in [0.2, 0.25) is 0 Å². The van der Waals surface area contributed by atoms with Gasteiger partial charge < -0.3 is 5.32 Å². The number of benzene rings is 2. The highest BCUT2D eigenvalue weighted by Gasteiger charge is 2.32. The van der Waals surface area contributed by atoms with Crippen LogP contribution in [0, 0.1) is 0 Å². The van der Waals surface area contributed by atoms with E-state index in [4.69, 9.17) is 0 Å². The zero-order chi connectivity index (χ0) is 15.5. The van der Waals surface area contributed by atoms with Gasteiger partial charge in [-0.25, -0.2) is 0 Å². The lowest BCUT2D eigenvalue weighted by molar-refractivity contribution is -0.138. The zero-order valence-electron chi connectivity index (χ0n) is 11.4. The Balaban J connectivity index is 2.12. The third-order valence-corrected chi connectivity index (χ3v) is 4.02. The van der Waals surface area contributed by atoms with Crippen LogP contribution in [0.1, 0.15) is 29.7 Å². The molecule has 1 atom stereocenters. The van der Waals surface area contributed by atoms with Crippen molar-refractivity contribution in [3.8, 4) is 0 Å². The highest BCUT2D eigenvalue weighted by atomic mass is 79.9. The van der Waals surface area contributed by atoms with E-state index in [1.807, 2.05) is 31.2 Å². The summed E-state index contributed by atoms with van der Waals surface area (Å²) in [5.41, 5.74) is 0.683. The van der Waals surface area contributed by atoms with Gasteiger partial charge in [-0.15, -0.1) is 0 Å². The van der Waals surface area contributed by atoms with Crippen LogP contribution in [-0.4, -0.2) is 0 Å². The summed E-state index contributed by atoms with van der Waals surface area (Å²) >= 11 is 3.45. The van der Waals surface area contributed by atoms with Crippen molar-refractivity contribution >= 4 is 15.9 Å². The summed E-state index contributed by atoms with van der Waals surface area (Å²) in [5, 5.41) is 3.14. The number of hydrogen-bond acceptors (Lipinski definition) is 1. The maximum absolute atomic E-state index is 12.9. The number of hydrogen-bond donors (Lipinski definition) is 1. The lowest BCUT2D eigenvalue weighted by Crippen LogP contribution is -2.21. The highest BCUT2D eigenvalue weighted by molar-refractivity contribution is 9.10. The van der Waals surface area contributed by atoms with Crippen molar-refractivity contribution in [3.63, 3.8) is 0 Å². The van der Waals surface area contributed by atoms with Crippen molar-refractivity contribution in [2.45, 2.75) is 25.7 Å². The molecular formula is C16H15BrF3N. The maximum atomic E-state index is 12.9. The normalized spacial score (nSPS) is 13.2. The first-order valence-electron chi connectivity index (χ1n) is 6.52. The summed E-state index contributed by atoms with van der Waals surface area (Å²) in [6.07, 6.45) is -4.32. The Hall–Kier alpha value is -1.33. The van der Waals surface area contributed by atoms with E-state index in [0.29, 0.717) is 0 Å². The van der Waals surface area contributed by atoms with E-state index in [2.05, 4.69) is 21.2 Å². The lowest BCUT2D eigenvalue weighted by atomic mass is 10.1. The van der Waals surface area contributed by atoms with Gasteiger partial charge in [0.25, 0.3) is 0 Å². The predicted octanol–water partition coefficient (Wildman–Crippen LogP) is 5.32. The van der Waals surface area contributed by atoms with Gasteiger partial charge in [-0.1, -0.05) is 52.3 Å². The Kier molecular flexibility index (Phi) is 5.06. The molecular weight excluding hydrogens is 343 g/mol. The minimum Gasteiger partial charge on any atom is -0.306 e. The van der Waals surface area contributed by atoms with Crippen LogP contribution in [0.5, 0.6) is 0 Å². The van der Waals surface area contributed by atoms with E-state index in [0.717, 1.165) is 16.1 Å². The molecule has 0 amide bonds. The van der Waals surface area contributed by atoms with Crippen molar-refractivity contribution in [1.82, 2.24) is 5.32 Å². The smallest absolute Gasteiger partial charge is 0.306 e. The summed E-state index contributed by atoms with van der Waals surface area (Å²) in [7, 11) is 0. The predicted molar refractivity (Wildman–Crippen MR) is 80.8 cm³/mol. The van der Waals surface area contributed by atoms with Crippen LogP contribution in [0.15, 0.2) is 53.0 Å². The zero-order valence-corrected chi connectivity index (χ0v) is 13.0. The number of nitrogens with one attached hydrogen (secondary N) is 1. The fourth-order valence-electron chi connectivity index (χ4n) is 2.15. The van der Waals surface area contributed by atoms with E-state index in [1.165, 1.54) is 12.1 Å². The first kappa shape index (κ1) is 16.0. The molecule has 2 rings (SSSR count). The summed E-state index contributed by atoms with van der Waals surface area (Å²) in [6, 6.07) is 13.2. The fraction of sp³-hybridized carbons (Fsp3) is 0.250. The standard InChI is InChI=1S/C16H15BrF3N/c1-11(13-7-3-5-9-15(13)17)21-10-12-6-2-4-8-14(12)16(18,19)20/h2-9,11,21H,10H2,1H3/t11-/m1/s1. The molecule has 2 aromatic carbocycles. The van der Waals surface area contributed by atoms with Gasteiger partial charge in [-0.05, 0) is 30.2 Å². The third-order valence-electron chi connectivity index (χ3n) is 3.29. The van der Waals surface area contributed by atoms with E-state index >= 15 is 0 Å². The molecule has 0 aliphatic heterocycles. The van der Waals surface area contributed by atoms with Crippen molar-refractivity contribution in [2.24, 2.45) is 0 Å². The molecule has 1 nitrogen and oxygen atoms in total. The largest absolute Gasteiger partial charge is 0.416 e. The molecule has 0 radical (unpaired) electrons. The maximum Gasteiger partial charge on any atom is 0.416 e. The van der Waals surface area contributed by atoms with Gasteiger partial charge in [-0.2, -0.15) is 13.2 Å². The quantitative estimate of drug-likeness (QED) is 0.780. The summed E-state index contributed by atoms with van der Waals surface area (Å²) < 4.78 is 39.7. The van der Waals surface area contributed by atoms with Gasteiger partial charge in [-0.3, -0.25) is 0 Å². The minimum absolute atomic E-state index is 0.0538. The van der Waals surface area contributed by atoms with Crippen molar-refractivity contribution < 1.29 is 13.2 Å². The van der Waals surface area contributed by atoms with Gasteiger partial charge in [0.05, 0.1) is 5.56 Å². The van der Waals surface area contributed by atoms with Crippen LogP contribution in [0.4, 0.5) is 13.2 Å². The first-order chi connectivity index (χ1) is 9.89. The van der Waals surface area contributed by atoms with Gasteiger partial charge in [0, 0.05) is 17.1 Å². The molecule has 0 saturated carbocycles. The second-order valence-corrected chi connectivity index (χ2v) is 5.63. The van der Waals surface area contributed by atoms with Crippen LogP contribution in [0.3, 0.4) is 0 Å². The van der Waals surface area contributed by atoms with Crippen LogP contribution < -0.4 is 5.32 Å². The molecule has 0 unspecified atom stereocenters. The Bertz CT molecular complexity index is 610.